The maximum atomic E-state index is 11.3. The van der Waals surface area contributed by atoms with E-state index in [0.717, 1.165) is 5.56 Å². The number of carbonyl (C=O) groups excluding carboxylic acids is 2. The minimum atomic E-state index is -0.407. The maximum Gasteiger partial charge on any atom is 0.328 e. The number of hydrogen-bond acceptors (Lipinski definition) is 3. The van der Waals surface area contributed by atoms with Gasteiger partial charge in [-0.15, -0.1) is 0 Å². The van der Waals surface area contributed by atoms with Crippen molar-refractivity contribution < 1.29 is 9.59 Å². The van der Waals surface area contributed by atoms with Crippen LogP contribution in [-0.4, -0.2) is 28.9 Å². The number of likely N-dealkylation sites (N-methyl/N-ethyl adjacent to an activating group) is 1. The molecule has 1 aliphatic heterocycles. The van der Waals surface area contributed by atoms with Crippen molar-refractivity contribution in [2.45, 2.75) is 0 Å². The molecule has 0 unspecified atom stereocenters. The molecular weight excluding hydrogens is 194 g/mol. The van der Waals surface area contributed by atoms with Crippen molar-refractivity contribution in [1.82, 2.24) is 15.2 Å². The largest absolute Gasteiger partial charge is 0.328 e. The lowest BCUT2D eigenvalue weighted by Crippen LogP contribution is -2.24. The Morgan fingerprint density at radius 2 is 2.27 bits per heavy atom. The van der Waals surface area contributed by atoms with E-state index < -0.39 is 6.03 Å². The lowest BCUT2D eigenvalue weighted by atomic mass is 10.2. The Hall–Kier alpha value is -2.17. The van der Waals surface area contributed by atoms with Crippen LogP contribution in [-0.2, 0) is 4.79 Å². The van der Waals surface area contributed by atoms with Crippen LogP contribution >= 0.6 is 0 Å². The smallest absolute Gasteiger partial charge is 0.292 e. The highest BCUT2D eigenvalue weighted by Crippen LogP contribution is 2.13. The molecule has 0 radical (unpaired) electrons. The molecule has 0 saturated carbocycles. The first-order chi connectivity index (χ1) is 7.18. The number of imide groups is 1. The molecule has 0 atom stereocenters. The Bertz CT molecular complexity index is 439. The molecule has 1 aromatic rings. The Labute approximate surface area is 86.4 Å². The third kappa shape index (κ3) is 1.71. The second-order valence-corrected chi connectivity index (χ2v) is 3.13. The van der Waals surface area contributed by atoms with Gasteiger partial charge < -0.3 is 0 Å². The van der Waals surface area contributed by atoms with Crippen LogP contribution in [0.1, 0.15) is 5.56 Å². The molecule has 1 N–H and O–H groups in total. The summed E-state index contributed by atoms with van der Waals surface area (Å²) in [5.74, 6) is -0.383. The zero-order chi connectivity index (χ0) is 10.8. The number of nitrogens with one attached hydrogen (secondary N) is 1. The first-order valence-corrected chi connectivity index (χ1v) is 4.39. The first kappa shape index (κ1) is 9.39. The Morgan fingerprint density at radius 1 is 1.47 bits per heavy atom. The molecule has 2 rings (SSSR count). The summed E-state index contributed by atoms with van der Waals surface area (Å²) in [6.07, 6.45) is 4.88. The number of carbonyl (C=O) groups is 2. The molecular formula is C10H9N3O2. The molecule has 76 valence electrons. The van der Waals surface area contributed by atoms with Gasteiger partial charge in [-0.2, -0.15) is 0 Å². The van der Waals surface area contributed by atoms with E-state index in [1.165, 1.54) is 4.90 Å². The monoisotopic (exact) mass is 203 g/mol. The van der Waals surface area contributed by atoms with Crippen molar-refractivity contribution in [3.8, 4) is 0 Å². The number of nitrogens with zero attached hydrogens (tertiary/aromatic N) is 2. The summed E-state index contributed by atoms with van der Waals surface area (Å²) < 4.78 is 0. The van der Waals surface area contributed by atoms with Crippen LogP contribution in [0.15, 0.2) is 30.2 Å². The van der Waals surface area contributed by atoms with E-state index in [9.17, 15) is 9.59 Å². The fraction of sp³-hybridized carbons (Fsp3) is 0.100. The van der Waals surface area contributed by atoms with Crippen LogP contribution in [0.3, 0.4) is 0 Å². The summed E-state index contributed by atoms with van der Waals surface area (Å²) in [5, 5.41) is 2.20. The lowest BCUT2D eigenvalue weighted by Gasteiger charge is -2.06. The van der Waals surface area contributed by atoms with E-state index in [0.29, 0.717) is 5.70 Å². The van der Waals surface area contributed by atoms with Gasteiger partial charge in [0.1, 0.15) is 5.70 Å². The lowest BCUT2D eigenvalue weighted by molar-refractivity contribution is -0.115. The van der Waals surface area contributed by atoms with Gasteiger partial charge in [0.15, 0.2) is 0 Å². The summed E-state index contributed by atoms with van der Waals surface area (Å²) in [6, 6.07) is 3.17. The molecule has 0 spiro atoms. The molecule has 0 aromatic carbocycles. The van der Waals surface area contributed by atoms with Crippen LogP contribution in [0.2, 0.25) is 0 Å². The average molecular weight is 203 g/mol. The summed E-state index contributed by atoms with van der Waals surface area (Å²) in [4.78, 5) is 27.6. The van der Waals surface area contributed by atoms with Gasteiger partial charge in [0, 0.05) is 19.4 Å². The highest BCUT2D eigenvalue weighted by Gasteiger charge is 2.29. The maximum absolute atomic E-state index is 11.3. The van der Waals surface area contributed by atoms with Crippen molar-refractivity contribution in [1.29, 1.82) is 0 Å². The number of pyridine rings is 1. The van der Waals surface area contributed by atoms with Crippen molar-refractivity contribution in [2.24, 2.45) is 0 Å². The number of aromatic nitrogens is 1. The van der Waals surface area contributed by atoms with Gasteiger partial charge in [-0.25, -0.2) is 4.79 Å². The highest BCUT2D eigenvalue weighted by molar-refractivity contribution is 6.13. The first-order valence-electron chi connectivity index (χ1n) is 4.39. The third-order valence-corrected chi connectivity index (χ3v) is 2.11. The van der Waals surface area contributed by atoms with E-state index in [1.54, 1.807) is 31.6 Å². The normalized spacial score (nSPS) is 18.5. The van der Waals surface area contributed by atoms with Crippen LogP contribution in [0.4, 0.5) is 4.79 Å². The number of rotatable bonds is 1. The van der Waals surface area contributed by atoms with E-state index >= 15 is 0 Å². The van der Waals surface area contributed by atoms with Gasteiger partial charge in [0.2, 0.25) is 0 Å². The summed E-state index contributed by atoms with van der Waals surface area (Å²) in [7, 11) is 1.54. The molecule has 1 aliphatic rings. The van der Waals surface area contributed by atoms with Gasteiger partial charge in [-0.05, 0) is 17.7 Å². The summed E-state index contributed by atoms with van der Waals surface area (Å²) >= 11 is 0. The SMILES string of the molecule is CN1C(=O)NC(=O)/C1=C/c1cccnc1. The topological polar surface area (TPSA) is 62.3 Å². The molecule has 1 aromatic heterocycles. The molecule has 3 amide bonds. The van der Waals surface area contributed by atoms with Crippen molar-refractivity contribution >= 4 is 18.0 Å². The molecule has 0 bridgehead atoms. The van der Waals surface area contributed by atoms with Gasteiger partial charge in [-0.3, -0.25) is 20.0 Å². The van der Waals surface area contributed by atoms with Crippen LogP contribution in [0.5, 0.6) is 0 Å². The highest BCUT2D eigenvalue weighted by atomic mass is 16.2. The predicted octanol–water partition coefficient (Wildman–Crippen LogP) is 0.604. The minimum absolute atomic E-state index is 0.327. The van der Waals surface area contributed by atoms with Crippen molar-refractivity contribution in [2.75, 3.05) is 7.05 Å². The Morgan fingerprint density at radius 3 is 2.80 bits per heavy atom. The van der Waals surface area contributed by atoms with Gasteiger partial charge in [0.25, 0.3) is 5.91 Å². The summed E-state index contributed by atoms with van der Waals surface area (Å²) in [6.45, 7) is 0. The van der Waals surface area contributed by atoms with E-state index in [2.05, 4.69) is 10.3 Å². The second-order valence-electron chi connectivity index (χ2n) is 3.13. The number of amides is 3. The number of hydrogen-bond donors (Lipinski definition) is 1. The third-order valence-electron chi connectivity index (χ3n) is 2.11. The minimum Gasteiger partial charge on any atom is -0.292 e. The Kier molecular flexibility index (Phi) is 2.21. The van der Waals surface area contributed by atoms with Gasteiger partial charge >= 0.3 is 6.03 Å². The summed E-state index contributed by atoms with van der Waals surface area (Å²) in [5.41, 5.74) is 1.11. The molecule has 5 nitrogen and oxygen atoms in total. The van der Waals surface area contributed by atoms with Crippen molar-refractivity contribution in [3.63, 3.8) is 0 Å². The molecule has 1 saturated heterocycles. The average Bonchev–Trinajstić information content (AvgIpc) is 2.47. The fourth-order valence-corrected chi connectivity index (χ4v) is 1.29. The van der Waals surface area contributed by atoms with E-state index in [-0.39, 0.29) is 5.91 Å². The molecule has 15 heavy (non-hydrogen) atoms. The Balaban J connectivity index is 2.35. The van der Waals surface area contributed by atoms with E-state index in [1.807, 2.05) is 6.07 Å². The quantitative estimate of drug-likeness (QED) is 0.537. The molecule has 0 aliphatic carbocycles. The van der Waals surface area contributed by atoms with Gasteiger partial charge in [-0.1, -0.05) is 6.07 Å². The zero-order valence-electron chi connectivity index (χ0n) is 8.10. The fourth-order valence-electron chi connectivity index (χ4n) is 1.29. The second kappa shape index (κ2) is 3.53. The zero-order valence-corrected chi connectivity index (χ0v) is 8.10. The van der Waals surface area contributed by atoms with Crippen molar-refractivity contribution in [3.05, 3.63) is 35.8 Å². The molecule has 1 fully saturated rings. The standard InChI is InChI=1S/C10H9N3O2/c1-13-8(9(14)12-10(13)15)5-7-3-2-4-11-6-7/h2-6H,1H3,(H,12,14,15)/b8-5-. The van der Waals surface area contributed by atoms with Crippen LogP contribution in [0.25, 0.3) is 6.08 Å². The molecule has 2 heterocycles. The predicted molar refractivity (Wildman–Crippen MR) is 53.5 cm³/mol. The van der Waals surface area contributed by atoms with Crippen LogP contribution in [0, 0.1) is 0 Å². The van der Waals surface area contributed by atoms with E-state index in [4.69, 9.17) is 0 Å². The number of urea groups is 1. The molecule has 5 heteroatoms. The van der Waals surface area contributed by atoms with Gasteiger partial charge in [0.05, 0.1) is 0 Å². The van der Waals surface area contributed by atoms with Crippen LogP contribution < -0.4 is 5.32 Å².